The first kappa shape index (κ1) is 11.7. The predicted molar refractivity (Wildman–Crippen MR) is 67.0 cm³/mol. The van der Waals surface area contributed by atoms with E-state index in [-0.39, 0.29) is 6.04 Å². The summed E-state index contributed by atoms with van der Waals surface area (Å²) in [5.74, 6) is 0.810. The minimum Gasteiger partial charge on any atom is -0.496 e. The fourth-order valence-corrected chi connectivity index (χ4v) is 1.92. The van der Waals surface area contributed by atoms with E-state index >= 15 is 0 Å². The topological polar surface area (TPSA) is 53.1 Å². The van der Waals surface area contributed by atoms with E-state index in [0.29, 0.717) is 0 Å². The molecule has 1 atom stereocenters. The summed E-state index contributed by atoms with van der Waals surface area (Å²) < 4.78 is 7.27. The van der Waals surface area contributed by atoms with Crippen molar-refractivity contribution in [2.75, 3.05) is 7.11 Å². The van der Waals surface area contributed by atoms with Crippen LogP contribution in [0.3, 0.4) is 0 Å². The lowest BCUT2D eigenvalue weighted by molar-refractivity contribution is 0.407. The van der Waals surface area contributed by atoms with Gasteiger partial charge >= 0.3 is 0 Å². The van der Waals surface area contributed by atoms with Crippen LogP contribution in [-0.4, -0.2) is 16.7 Å². The molecule has 17 heavy (non-hydrogen) atoms. The van der Waals surface area contributed by atoms with Crippen LogP contribution < -0.4 is 10.5 Å². The number of hydrogen-bond acceptors (Lipinski definition) is 3. The summed E-state index contributed by atoms with van der Waals surface area (Å²) in [5.41, 5.74) is 9.38. The van der Waals surface area contributed by atoms with Gasteiger partial charge in [0.05, 0.1) is 31.4 Å². The predicted octanol–water partition coefficient (Wildman–Crippen LogP) is 1.79. The lowest BCUT2D eigenvalue weighted by atomic mass is 10.0. The van der Waals surface area contributed by atoms with Crippen molar-refractivity contribution in [3.63, 3.8) is 0 Å². The highest BCUT2D eigenvalue weighted by Gasteiger charge is 2.16. The van der Waals surface area contributed by atoms with Crippen molar-refractivity contribution in [1.82, 2.24) is 9.55 Å². The minimum atomic E-state index is -0.225. The molecule has 2 rings (SSSR count). The van der Waals surface area contributed by atoms with Gasteiger partial charge in [0, 0.05) is 12.6 Å². The minimum absolute atomic E-state index is 0.225. The number of methoxy groups -OCH3 is 1. The molecule has 1 unspecified atom stereocenters. The Labute approximate surface area is 101 Å². The SMILES string of the molecule is COc1ccc(C)cc1C(N)c1cncn1C. The summed E-state index contributed by atoms with van der Waals surface area (Å²) in [6.45, 7) is 2.04. The Morgan fingerprint density at radius 3 is 2.76 bits per heavy atom. The highest BCUT2D eigenvalue weighted by molar-refractivity contribution is 5.42. The zero-order valence-corrected chi connectivity index (χ0v) is 10.3. The van der Waals surface area contributed by atoms with Gasteiger partial charge in [-0.25, -0.2) is 4.98 Å². The van der Waals surface area contributed by atoms with Crippen molar-refractivity contribution < 1.29 is 4.74 Å². The van der Waals surface area contributed by atoms with Gasteiger partial charge in [0.1, 0.15) is 5.75 Å². The molecule has 4 heteroatoms. The number of ether oxygens (including phenoxy) is 1. The highest BCUT2D eigenvalue weighted by Crippen LogP contribution is 2.28. The number of imidazole rings is 1. The Bertz CT molecular complexity index is 519. The second-order valence-electron chi connectivity index (χ2n) is 4.15. The molecular weight excluding hydrogens is 214 g/mol. The van der Waals surface area contributed by atoms with Crippen LogP contribution in [0.5, 0.6) is 5.75 Å². The molecule has 0 amide bonds. The van der Waals surface area contributed by atoms with Crippen molar-refractivity contribution in [3.8, 4) is 5.75 Å². The molecule has 1 aromatic carbocycles. The molecule has 4 nitrogen and oxygen atoms in total. The number of aryl methyl sites for hydroxylation is 2. The number of benzene rings is 1. The van der Waals surface area contributed by atoms with E-state index in [4.69, 9.17) is 10.5 Å². The number of nitrogens with two attached hydrogens (primary N) is 1. The van der Waals surface area contributed by atoms with Crippen LogP contribution in [-0.2, 0) is 7.05 Å². The van der Waals surface area contributed by atoms with Crippen LogP contribution >= 0.6 is 0 Å². The number of rotatable bonds is 3. The fourth-order valence-electron chi connectivity index (χ4n) is 1.92. The monoisotopic (exact) mass is 231 g/mol. The molecule has 2 aromatic rings. The van der Waals surface area contributed by atoms with Gasteiger partial charge in [0.25, 0.3) is 0 Å². The van der Waals surface area contributed by atoms with Gasteiger partial charge in [-0.3, -0.25) is 0 Å². The Balaban J connectivity index is 2.46. The fraction of sp³-hybridized carbons (Fsp3) is 0.308. The molecular formula is C13H17N3O. The summed E-state index contributed by atoms with van der Waals surface area (Å²) >= 11 is 0. The lowest BCUT2D eigenvalue weighted by Gasteiger charge is -2.16. The summed E-state index contributed by atoms with van der Waals surface area (Å²) in [6, 6.07) is 5.78. The average molecular weight is 231 g/mol. The largest absolute Gasteiger partial charge is 0.496 e. The van der Waals surface area contributed by atoms with Crippen LogP contribution in [0.25, 0.3) is 0 Å². The molecule has 0 bridgehead atoms. The van der Waals surface area contributed by atoms with Gasteiger partial charge in [0.2, 0.25) is 0 Å². The second-order valence-corrected chi connectivity index (χ2v) is 4.15. The third kappa shape index (κ3) is 2.17. The molecule has 90 valence electrons. The van der Waals surface area contributed by atoms with Crippen molar-refractivity contribution in [1.29, 1.82) is 0 Å². The molecule has 0 fully saturated rings. The van der Waals surface area contributed by atoms with Gasteiger partial charge in [-0.15, -0.1) is 0 Å². The third-order valence-electron chi connectivity index (χ3n) is 2.89. The van der Waals surface area contributed by atoms with Crippen molar-refractivity contribution >= 4 is 0 Å². The van der Waals surface area contributed by atoms with Crippen molar-refractivity contribution in [2.45, 2.75) is 13.0 Å². The van der Waals surface area contributed by atoms with Crippen LogP contribution in [0.15, 0.2) is 30.7 Å². The Morgan fingerprint density at radius 1 is 1.41 bits per heavy atom. The third-order valence-corrected chi connectivity index (χ3v) is 2.89. The van der Waals surface area contributed by atoms with Crippen molar-refractivity contribution in [3.05, 3.63) is 47.5 Å². The average Bonchev–Trinajstić information content (AvgIpc) is 2.74. The van der Waals surface area contributed by atoms with Gasteiger partial charge in [-0.1, -0.05) is 17.7 Å². The van der Waals surface area contributed by atoms with E-state index in [9.17, 15) is 0 Å². The quantitative estimate of drug-likeness (QED) is 0.876. The first-order valence-electron chi connectivity index (χ1n) is 5.50. The normalized spacial score (nSPS) is 12.5. The standard InChI is InChI=1S/C13H17N3O/c1-9-4-5-12(17-3)10(6-9)13(14)11-7-15-8-16(11)2/h4-8,13H,14H2,1-3H3. The van der Waals surface area contributed by atoms with E-state index in [2.05, 4.69) is 11.1 Å². The second kappa shape index (κ2) is 4.59. The molecule has 0 aliphatic heterocycles. The van der Waals surface area contributed by atoms with Gasteiger partial charge in [-0.05, 0) is 13.0 Å². The van der Waals surface area contributed by atoms with Gasteiger partial charge < -0.3 is 15.0 Å². The molecule has 0 radical (unpaired) electrons. The molecule has 0 aliphatic carbocycles. The molecule has 1 heterocycles. The van der Waals surface area contributed by atoms with E-state index < -0.39 is 0 Å². The molecule has 0 aliphatic rings. The van der Waals surface area contributed by atoms with E-state index in [1.807, 2.05) is 30.7 Å². The first-order valence-corrected chi connectivity index (χ1v) is 5.50. The Hall–Kier alpha value is -1.81. The Morgan fingerprint density at radius 2 is 2.18 bits per heavy atom. The summed E-state index contributed by atoms with van der Waals surface area (Å²) in [4.78, 5) is 4.09. The Kier molecular flexibility index (Phi) is 3.15. The van der Waals surface area contributed by atoms with Crippen LogP contribution in [0.2, 0.25) is 0 Å². The maximum atomic E-state index is 6.27. The van der Waals surface area contributed by atoms with Crippen LogP contribution in [0.1, 0.15) is 22.9 Å². The summed E-state index contributed by atoms with van der Waals surface area (Å²) in [7, 11) is 3.59. The number of nitrogens with zero attached hydrogens (tertiary/aromatic N) is 2. The molecule has 0 spiro atoms. The van der Waals surface area contributed by atoms with Crippen LogP contribution in [0, 0.1) is 6.92 Å². The number of hydrogen-bond donors (Lipinski definition) is 1. The molecule has 0 saturated heterocycles. The van der Waals surface area contributed by atoms with E-state index in [1.54, 1.807) is 19.6 Å². The maximum Gasteiger partial charge on any atom is 0.124 e. The van der Waals surface area contributed by atoms with Gasteiger partial charge in [0.15, 0.2) is 0 Å². The van der Waals surface area contributed by atoms with Crippen LogP contribution in [0.4, 0.5) is 0 Å². The maximum absolute atomic E-state index is 6.27. The molecule has 2 N–H and O–H groups in total. The number of aromatic nitrogens is 2. The molecule has 0 saturated carbocycles. The van der Waals surface area contributed by atoms with E-state index in [1.165, 1.54) is 5.56 Å². The zero-order valence-electron chi connectivity index (χ0n) is 10.3. The first-order chi connectivity index (χ1) is 8.13. The summed E-state index contributed by atoms with van der Waals surface area (Å²) in [5, 5.41) is 0. The zero-order chi connectivity index (χ0) is 12.4. The van der Waals surface area contributed by atoms with Crippen molar-refractivity contribution in [2.24, 2.45) is 12.8 Å². The lowest BCUT2D eigenvalue weighted by Crippen LogP contribution is -2.16. The summed E-state index contributed by atoms with van der Waals surface area (Å²) in [6.07, 6.45) is 3.53. The van der Waals surface area contributed by atoms with E-state index in [0.717, 1.165) is 17.0 Å². The van der Waals surface area contributed by atoms with Gasteiger partial charge in [-0.2, -0.15) is 0 Å². The molecule has 1 aromatic heterocycles. The smallest absolute Gasteiger partial charge is 0.124 e. The highest BCUT2D eigenvalue weighted by atomic mass is 16.5.